The van der Waals surface area contributed by atoms with E-state index in [0.29, 0.717) is 17.9 Å². The van der Waals surface area contributed by atoms with Crippen LogP contribution in [0.1, 0.15) is 63.8 Å². The molecular formula is C39H50BrNO6Si. The molecule has 0 radical (unpaired) electrons. The highest BCUT2D eigenvalue weighted by atomic mass is 79.9. The number of rotatable bonds is 9. The first-order valence-electron chi connectivity index (χ1n) is 15.9. The second kappa shape index (κ2) is 16.4. The Hall–Kier alpha value is -3.95. The highest BCUT2D eigenvalue weighted by Gasteiger charge is 2.39. The lowest BCUT2D eigenvalue weighted by molar-refractivity contribution is 0.0636. The third-order valence-corrected chi connectivity index (χ3v) is 12.8. The number of aromatic hydroxyl groups is 1. The molecule has 0 aliphatic heterocycles. The smallest absolute Gasteiger partial charge is 0.412 e. The fourth-order valence-corrected chi connectivity index (χ4v) is 5.91. The molecule has 0 bridgehead atoms. The molecule has 0 spiro atoms. The lowest BCUT2D eigenvalue weighted by Gasteiger charge is -2.37. The van der Waals surface area contributed by atoms with E-state index in [-0.39, 0.29) is 10.8 Å². The minimum atomic E-state index is -1.91. The molecule has 0 aliphatic rings. The monoisotopic (exact) mass is 735 g/mol. The van der Waals surface area contributed by atoms with Gasteiger partial charge in [0.2, 0.25) is 8.32 Å². The fourth-order valence-electron chi connectivity index (χ4n) is 4.42. The van der Waals surface area contributed by atoms with Crippen molar-refractivity contribution in [3.05, 3.63) is 112 Å². The Bertz CT molecular complexity index is 1680. The molecule has 0 unspecified atom stereocenters. The molecule has 4 aromatic carbocycles. The maximum Gasteiger partial charge on any atom is 0.412 e. The van der Waals surface area contributed by atoms with Gasteiger partial charge in [-0.1, -0.05) is 73.1 Å². The summed E-state index contributed by atoms with van der Waals surface area (Å²) in [5, 5.41) is 12.9. The average molecular weight is 737 g/mol. The number of nitrogens with one attached hydrogen (secondary N) is 1. The number of methoxy groups -OCH3 is 2. The van der Waals surface area contributed by atoms with Gasteiger partial charge in [-0.15, -0.1) is 0 Å². The molecule has 9 heteroatoms. The van der Waals surface area contributed by atoms with Crippen LogP contribution in [0.3, 0.4) is 0 Å². The molecule has 48 heavy (non-hydrogen) atoms. The van der Waals surface area contributed by atoms with Crippen LogP contribution in [0, 0.1) is 0 Å². The highest BCUT2D eigenvalue weighted by Crippen LogP contribution is 2.39. The molecule has 7 nitrogen and oxygen atoms in total. The largest absolute Gasteiger partial charge is 0.543 e. The van der Waals surface area contributed by atoms with Gasteiger partial charge in [0.25, 0.3) is 0 Å². The van der Waals surface area contributed by atoms with E-state index >= 15 is 0 Å². The van der Waals surface area contributed by atoms with E-state index in [0.717, 1.165) is 33.5 Å². The Balaban J connectivity index is 0.000000260. The molecule has 1 amide bonds. The third kappa shape index (κ3) is 11.9. The van der Waals surface area contributed by atoms with Crippen molar-refractivity contribution in [3.8, 4) is 23.0 Å². The Morgan fingerprint density at radius 2 is 1.33 bits per heavy atom. The van der Waals surface area contributed by atoms with E-state index in [1.807, 2.05) is 63.2 Å². The number of carbonyl (C=O) groups excluding carboxylic acids is 1. The number of carbonyl (C=O) groups is 1. The second-order valence-electron chi connectivity index (χ2n) is 14.1. The number of hydrogen-bond donors (Lipinski definition) is 2. The zero-order chi connectivity index (χ0) is 35.7. The number of benzene rings is 4. The van der Waals surface area contributed by atoms with Gasteiger partial charge >= 0.3 is 6.09 Å². The Morgan fingerprint density at radius 1 is 0.771 bits per heavy atom. The number of anilines is 1. The summed E-state index contributed by atoms with van der Waals surface area (Å²) >= 11 is 3.55. The molecule has 0 saturated carbocycles. The topological polar surface area (TPSA) is 86.2 Å². The van der Waals surface area contributed by atoms with Crippen LogP contribution in [-0.4, -0.2) is 39.3 Å². The highest BCUT2D eigenvalue weighted by molar-refractivity contribution is 9.10. The SMILES string of the molecule is COc1ccc(Cc2cccc(Br)c2)c(O[Si](C)(C)C(C)(C)C)c1.COc1ccc(Cc2cccc(NC(=O)OC(C)(C)C)c2)c(O)c1. The van der Waals surface area contributed by atoms with Crippen molar-refractivity contribution in [2.24, 2.45) is 0 Å². The van der Waals surface area contributed by atoms with E-state index < -0.39 is 20.0 Å². The summed E-state index contributed by atoms with van der Waals surface area (Å²) in [5.74, 6) is 2.57. The number of amides is 1. The van der Waals surface area contributed by atoms with Crippen LogP contribution >= 0.6 is 15.9 Å². The summed E-state index contributed by atoms with van der Waals surface area (Å²) < 4.78 is 23.4. The third-order valence-electron chi connectivity index (χ3n) is 7.99. The van der Waals surface area contributed by atoms with Gasteiger partial charge in [0.05, 0.1) is 14.2 Å². The predicted octanol–water partition coefficient (Wildman–Crippen LogP) is 10.8. The molecule has 4 aromatic rings. The zero-order valence-electron chi connectivity index (χ0n) is 29.9. The van der Waals surface area contributed by atoms with Crippen LogP contribution in [0.2, 0.25) is 18.1 Å². The lowest BCUT2D eigenvalue weighted by Crippen LogP contribution is -2.44. The summed E-state index contributed by atoms with van der Waals surface area (Å²) in [7, 11) is 1.34. The van der Waals surface area contributed by atoms with Crippen LogP contribution < -0.4 is 19.2 Å². The minimum absolute atomic E-state index is 0.156. The quantitative estimate of drug-likeness (QED) is 0.166. The normalized spacial score (nSPS) is 11.6. The standard InChI is InChI=1S/C20H27BrO2Si.C19H23NO4/c1-20(2,3)24(5,6)23-19-14-18(22-4)11-10-16(19)12-15-8-7-9-17(21)13-15;1-19(2,3)24-18(22)20-15-7-5-6-13(11-15)10-14-8-9-16(23-4)12-17(14)21/h7-11,13-14H,12H2,1-6H3;5-9,11-12,21H,10H2,1-4H3,(H,20,22). The number of halogens is 1. The molecule has 2 N–H and O–H groups in total. The van der Waals surface area contributed by atoms with Crippen molar-refractivity contribution in [1.29, 1.82) is 0 Å². The maximum absolute atomic E-state index is 11.8. The first-order valence-corrected chi connectivity index (χ1v) is 19.6. The van der Waals surface area contributed by atoms with Gasteiger partial charge < -0.3 is 23.7 Å². The van der Waals surface area contributed by atoms with E-state index in [1.54, 1.807) is 32.4 Å². The number of phenolic OH excluding ortho intramolecular Hbond substituents is 1. The molecule has 0 atom stereocenters. The summed E-state index contributed by atoms with van der Waals surface area (Å²) in [5.41, 5.74) is 4.30. The number of phenols is 1. The molecule has 0 heterocycles. The Morgan fingerprint density at radius 3 is 1.90 bits per heavy atom. The molecule has 0 saturated heterocycles. The summed E-state index contributed by atoms with van der Waals surface area (Å²) in [6, 6.07) is 27.2. The summed E-state index contributed by atoms with van der Waals surface area (Å²) in [6.07, 6.45) is 0.888. The van der Waals surface area contributed by atoms with E-state index in [2.05, 4.69) is 79.4 Å². The van der Waals surface area contributed by atoms with Gasteiger partial charge in [0, 0.05) is 35.1 Å². The average Bonchev–Trinajstić information content (AvgIpc) is 2.98. The Labute approximate surface area is 295 Å². The number of ether oxygens (including phenoxy) is 3. The van der Waals surface area contributed by atoms with Crippen molar-refractivity contribution in [3.63, 3.8) is 0 Å². The van der Waals surface area contributed by atoms with Crippen LogP contribution in [0.25, 0.3) is 0 Å². The van der Waals surface area contributed by atoms with E-state index in [4.69, 9.17) is 18.6 Å². The van der Waals surface area contributed by atoms with Crippen molar-refractivity contribution in [1.82, 2.24) is 0 Å². The van der Waals surface area contributed by atoms with Gasteiger partial charge in [0.1, 0.15) is 28.6 Å². The van der Waals surface area contributed by atoms with Gasteiger partial charge in [-0.2, -0.15) is 0 Å². The van der Waals surface area contributed by atoms with Crippen LogP contribution in [0.5, 0.6) is 23.0 Å². The lowest BCUT2D eigenvalue weighted by atomic mass is 10.0. The first kappa shape index (κ1) is 38.5. The van der Waals surface area contributed by atoms with Crippen LogP contribution in [0.15, 0.2) is 89.4 Å². The second-order valence-corrected chi connectivity index (χ2v) is 19.8. The minimum Gasteiger partial charge on any atom is -0.543 e. The Kier molecular flexibility index (Phi) is 13.2. The van der Waals surface area contributed by atoms with Gasteiger partial charge in [0.15, 0.2) is 0 Å². The fraction of sp³-hybridized carbons (Fsp3) is 0.359. The summed E-state index contributed by atoms with van der Waals surface area (Å²) in [6.45, 7) is 16.8. The van der Waals surface area contributed by atoms with Crippen LogP contribution in [-0.2, 0) is 17.6 Å². The van der Waals surface area contributed by atoms with E-state index in [1.165, 1.54) is 11.1 Å². The molecule has 258 valence electrons. The van der Waals surface area contributed by atoms with Gasteiger partial charge in [-0.3, -0.25) is 5.32 Å². The molecule has 0 aromatic heterocycles. The first-order chi connectivity index (χ1) is 22.4. The molecule has 0 aliphatic carbocycles. The van der Waals surface area contributed by atoms with E-state index in [9.17, 15) is 9.90 Å². The zero-order valence-corrected chi connectivity index (χ0v) is 32.4. The van der Waals surface area contributed by atoms with Crippen molar-refractivity contribution < 1.29 is 28.5 Å². The molecule has 0 fully saturated rings. The molecular weight excluding hydrogens is 686 g/mol. The van der Waals surface area contributed by atoms with Crippen molar-refractivity contribution in [2.75, 3.05) is 19.5 Å². The summed E-state index contributed by atoms with van der Waals surface area (Å²) in [4.78, 5) is 11.8. The van der Waals surface area contributed by atoms with Crippen molar-refractivity contribution in [2.45, 2.75) is 78.1 Å². The molecule has 4 rings (SSSR count). The van der Waals surface area contributed by atoms with Gasteiger partial charge in [-0.25, -0.2) is 4.79 Å². The predicted molar refractivity (Wildman–Crippen MR) is 202 cm³/mol. The van der Waals surface area contributed by atoms with Gasteiger partial charge in [-0.05, 0) is 97.6 Å². The van der Waals surface area contributed by atoms with Crippen molar-refractivity contribution >= 4 is 36.0 Å². The maximum atomic E-state index is 11.8. The number of hydrogen-bond acceptors (Lipinski definition) is 6. The van der Waals surface area contributed by atoms with Crippen LogP contribution in [0.4, 0.5) is 10.5 Å².